The normalized spacial score (nSPS) is 11.1. The predicted molar refractivity (Wildman–Crippen MR) is 98.8 cm³/mol. The zero-order chi connectivity index (χ0) is 17.6. The van der Waals surface area contributed by atoms with Crippen molar-refractivity contribution in [2.45, 2.75) is 0 Å². The molecule has 0 aliphatic rings. The molecular weight excluding hydrogens is 320 g/mol. The lowest BCUT2D eigenvalue weighted by Crippen LogP contribution is -2.16. The number of rotatable bonds is 8. The standard InChI is InChI=1S/C19H22N2O4/c1-20-7-9-23-13-3-5-15-17(11-13)25-18-12-14(24-10-8-21-2)4-6-16(18)19(15)22/h3-6,11-12,20-21H,7-10H2,1-2H3. The van der Waals surface area contributed by atoms with Crippen LogP contribution in [0.3, 0.4) is 0 Å². The third-order valence-electron chi connectivity index (χ3n) is 3.86. The molecule has 0 radical (unpaired) electrons. The molecule has 0 saturated heterocycles. The first-order chi connectivity index (χ1) is 12.2. The highest BCUT2D eigenvalue weighted by molar-refractivity contribution is 5.90. The van der Waals surface area contributed by atoms with Gasteiger partial charge < -0.3 is 24.5 Å². The van der Waals surface area contributed by atoms with E-state index in [4.69, 9.17) is 13.9 Å². The monoisotopic (exact) mass is 342 g/mol. The maximum Gasteiger partial charge on any atom is 0.200 e. The van der Waals surface area contributed by atoms with E-state index in [1.165, 1.54) is 0 Å². The van der Waals surface area contributed by atoms with Gasteiger partial charge in [-0.3, -0.25) is 4.79 Å². The van der Waals surface area contributed by atoms with Crippen LogP contribution < -0.4 is 25.5 Å². The van der Waals surface area contributed by atoms with Gasteiger partial charge in [0.1, 0.15) is 35.9 Å². The first-order valence-electron chi connectivity index (χ1n) is 8.28. The summed E-state index contributed by atoms with van der Waals surface area (Å²) in [5, 5.41) is 7.12. The van der Waals surface area contributed by atoms with Crippen molar-refractivity contribution in [1.29, 1.82) is 0 Å². The van der Waals surface area contributed by atoms with Gasteiger partial charge in [-0.15, -0.1) is 0 Å². The molecule has 3 rings (SSSR count). The van der Waals surface area contributed by atoms with Gasteiger partial charge in [-0.25, -0.2) is 0 Å². The van der Waals surface area contributed by atoms with Crippen molar-refractivity contribution in [3.8, 4) is 11.5 Å². The highest BCUT2D eigenvalue weighted by Gasteiger charge is 2.10. The molecule has 0 atom stereocenters. The minimum Gasteiger partial charge on any atom is -0.492 e. The van der Waals surface area contributed by atoms with Crippen molar-refractivity contribution in [1.82, 2.24) is 10.6 Å². The van der Waals surface area contributed by atoms with E-state index < -0.39 is 0 Å². The van der Waals surface area contributed by atoms with Crippen molar-refractivity contribution in [3.63, 3.8) is 0 Å². The van der Waals surface area contributed by atoms with Crippen molar-refractivity contribution < 1.29 is 13.9 Å². The zero-order valence-corrected chi connectivity index (χ0v) is 14.4. The maximum absolute atomic E-state index is 12.7. The number of benzene rings is 2. The fourth-order valence-corrected chi connectivity index (χ4v) is 2.53. The van der Waals surface area contributed by atoms with Crippen molar-refractivity contribution >= 4 is 21.9 Å². The lowest BCUT2D eigenvalue weighted by Gasteiger charge is -2.08. The summed E-state index contributed by atoms with van der Waals surface area (Å²) in [6, 6.07) is 10.6. The van der Waals surface area contributed by atoms with E-state index in [1.54, 1.807) is 36.4 Å². The third-order valence-corrected chi connectivity index (χ3v) is 3.86. The van der Waals surface area contributed by atoms with E-state index in [0.29, 0.717) is 46.7 Å². The highest BCUT2D eigenvalue weighted by atomic mass is 16.5. The molecule has 0 saturated carbocycles. The fraction of sp³-hybridized carbons (Fsp3) is 0.316. The van der Waals surface area contributed by atoms with Crippen LogP contribution in [0, 0.1) is 0 Å². The van der Waals surface area contributed by atoms with Gasteiger partial charge in [0.05, 0.1) is 10.8 Å². The van der Waals surface area contributed by atoms with Gasteiger partial charge in [0.15, 0.2) is 0 Å². The quantitative estimate of drug-likeness (QED) is 0.483. The number of nitrogens with one attached hydrogen (secondary N) is 2. The summed E-state index contributed by atoms with van der Waals surface area (Å²) in [4.78, 5) is 12.7. The van der Waals surface area contributed by atoms with Gasteiger partial charge in [0.25, 0.3) is 0 Å². The van der Waals surface area contributed by atoms with Crippen molar-refractivity contribution in [3.05, 3.63) is 46.6 Å². The molecule has 2 N–H and O–H groups in total. The van der Waals surface area contributed by atoms with E-state index in [9.17, 15) is 4.79 Å². The Bertz CT molecular complexity index is 849. The summed E-state index contributed by atoms with van der Waals surface area (Å²) in [6.07, 6.45) is 0. The molecule has 0 fully saturated rings. The molecular formula is C19H22N2O4. The van der Waals surface area contributed by atoms with E-state index in [1.807, 2.05) is 14.1 Å². The largest absolute Gasteiger partial charge is 0.492 e. The van der Waals surface area contributed by atoms with E-state index >= 15 is 0 Å². The number of hydrogen-bond acceptors (Lipinski definition) is 6. The molecule has 0 spiro atoms. The number of fused-ring (bicyclic) bond motifs is 2. The fourth-order valence-electron chi connectivity index (χ4n) is 2.53. The topological polar surface area (TPSA) is 72.7 Å². The minimum atomic E-state index is -0.0557. The molecule has 0 aliphatic heterocycles. The van der Waals surface area contributed by atoms with Crippen LogP contribution in [-0.4, -0.2) is 40.4 Å². The highest BCUT2D eigenvalue weighted by Crippen LogP contribution is 2.25. The summed E-state index contributed by atoms with van der Waals surface area (Å²) in [6.45, 7) is 2.58. The molecule has 0 aliphatic carbocycles. The number of ether oxygens (including phenoxy) is 2. The summed E-state index contributed by atoms with van der Waals surface area (Å²) >= 11 is 0. The Morgan fingerprint density at radius 2 is 1.32 bits per heavy atom. The molecule has 2 aromatic carbocycles. The summed E-state index contributed by atoms with van der Waals surface area (Å²) in [5.41, 5.74) is 0.957. The third kappa shape index (κ3) is 3.92. The van der Waals surface area contributed by atoms with Crippen LogP contribution >= 0.6 is 0 Å². The Balaban J connectivity index is 1.96. The molecule has 6 heteroatoms. The minimum absolute atomic E-state index is 0.0557. The number of likely N-dealkylation sites (N-methyl/N-ethyl adjacent to an activating group) is 2. The average molecular weight is 342 g/mol. The smallest absolute Gasteiger partial charge is 0.200 e. The summed E-state index contributed by atoms with van der Waals surface area (Å²) in [5.74, 6) is 1.35. The van der Waals surface area contributed by atoms with Gasteiger partial charge >= 0.3 is 0 Å². The summed E-state index contributed by atoms with van der Waals surface area (Å²) in [7, 11) is 3.73. The second-order valence-electron chi connectivity index (χ2n) is 5.65. The SMILES string of the molecule is CNCCOc1ccc2c(=O)c3ccc(OCCNC)cc3oc2c1. The zero-order valence-electron chi connectivity index (χ0n) is 14.4. The first-order valence-corrected chi connectivity index (χ1v) is 8.28. The van der Waals surface area contributed by atoms with E-state index in [2.05, 4.69) is 10.6 Å². The van der Waals surface area contributed by atoms with Crippen LogP contribution in [0.2, 0.25) is 0 Å². The first kappa shape index (κ1) is 17.3. The second kappa shape index (κ2) is 8.00. The molecule has 132 valence electrons. The molecule has 6 nitrogen and oxygen atoms in total. The van der Waals surface area contributed by atoms with Gasteiger partial charge in [-0.2, -0.15) is 0 Å². The van der Waals surface area contributed by atoms with Crippen LogP contribution in [0.25, 0.3) is 21.9 Å². The van der Waals surface area contributed by atoms with Gasteiger partial charge in [0.2, 0.25) is 5.43 Å². The van der Waals surface area contributed by atoms with E-state index in [-0.39, 0.29) is 5.43 Å². The van der Waals surface area contributed by atoms with E-state index in [0.717, 1.165) is 13.1 Å². The van der Waals surface area contributed by atoms with Gasteiger partial charge in [-0.1, -0.05) is 0 Å². The molecule has 0 amide bonds. The lowest BCUT2D eigenvalue weighted by atomic mass is 10.1. The van der Waals surface area contributed by atoms with Crippen molar-refractivity contribution in [2.75, 3.05) is 40.4 Å². The lowest BCUT2D eigenvalue weighted by molar-refractivity contribution is 0.318. The average Bonchev–Trinajstić information content (AvgIpc) is 2.62. The Labute approximate surface area is 145 Å². The molecule has 25 heavy (non-hydrogen) atoms. The summed E-state index contributed by atoms with van der Waals surface area (Å²) < 4.78 is 17.2. The van der Waals surface area contributed by atoms with Crippen LogP contribution in [0.1, 0.15) is 0 Å². The Hall–Kier alpha value is -2.57. The molecule has 1 aromatic heterocycles. The molecule has 1 heterocycles. The van der Waals surface area contributed by atoms with Crippen LogP contribution in [0.15, 0.2) is 45.6 Å². The molecule has 0 unspecified atom stereocenters. The molecule has 0 bridgehead atoms. The van der Waals surface area contributed by atoms with Crippen LogP contribution in [-0.2, 0) is 0 Å². The molecule has 3 aromatic rings. The number of hydrogen-bond donors (Lipinski definition) is 2. The Morgan fingerprint density at radius 1 is 0.840 bits per heavy atom. The Kier molecular flexibility index (Phi) is 5.53. The van der Waals surface area contributed by atoms with Crippen LogP contribution in [0.5, 0.6) is 11.5 Å². The second-order valence-corrected chi connectivity index (χ2v) is 5.65. The predicted octanol–water partition coefficient (Wildman–Crippen LogP) is 2.14. The van der Waals surface area contributed by atoms with Crippen LogP contribution in [0.4, 0.5) is 0 Å². The Morgan fingerprint density at radius 3 is 1.76 bits per heavy atom. The van der Waals surface area contributed by atoms with Gasteiger partial charge in [0, 0.05) is 25.2 Å². The maximum atomic E-state index is 12.7. The van der Waals surface area contributed by atoms with Crippen molar-refractivity contribution in [2.24, 2.45) is 0 Å². The van der Waals surface area contributed by atoms with Gasteiger partial charge in [-0.05, 0) is 38.4 Å².